The molecular formula is C17H17ClO3. The fourth-order valence-electron chi connectivity index (χ4n) is 1.81. The number of rotatable bonds is 7. The Morgan fingerprint density at radius 1 is 1.00 bits per heavy atom. The molecule has 0 N–H and O–H groups in total. The third-order valence-electron chi connectivity index (χ3n) is 2.84. The second kappa shape index (κ2) is 7.70. The summed E-state index contributed by atoms with van der Waals surface area (Å²) < 4.78 is 11.2. The van der Waals surface area contributed by atoms with Gasteiger partial charge in [-0.3, -0.25) is 4.79 Å². The van der Waals surface area contributed by atoms with Crippen LogP contribution in [0.3, 0.4) is 0 Å². The van der Waals surface area contributed by atoms with Gasteiger partial charge in [-0.1, -0.05) is 42.8 Å². The Bertz CT molecular complexity index is 610. The Hall–Kier alpha value is -2.00. The van der Waals surface area contributed by atoms with Gasteiger partial charge < -0.3 is 9.47 Å². The van der Waals surface area contributed by atoms with Gasteiger partial charge in [0.05, 0.1) is 11.6 Å². The molecule has 0 saturated heterocycles. The molecule has 0 aliphatic heterocycles. The Morgan fingerprint density at radius 3 is 2.29 bits per heavy atom. The van der Waals surface area contributed by atoms with Crippen molar-refractivity contribution in [2.24, 2.45) is 0 Å². The number of hydrogen-bond acceptors (Lipinski definition) is 3. The summed E-state index contributed by atoms with van der Waals surface area (Å²) in [4.78, 5) is 12.1. The third-order valence-corrected chi connectivity index (χ3v) is 3.17. The van der Waals surface area contributed by atoms with E-state index in [0.29, 0.717) is 28.7 Å². The molecule has 0 atom stereocenters. The van der Waals surface area contributed by atoms with Gasteiger partial charge in [0.15, 0.2) is 18.1 Å². The van der Waals surface area contributed by atoms with Crippen molar-refractivity contribution in [1.82, 2.24) is 0 Å². The predicted molar refractivity (Wildman–Crippen MR) is 83.5 cm³/mol. The van der Waals surface area contributed by atoms with Gasteiger partial charge in [-0.05, 0) is 30.7 Å². The van der Waals surface area contributed by atoms with Gasteiger partial charge >= 0.3 is 0 Å². The number of Topliss-reactive ketones (excluding diaryl/α,β-unsaturated/α-hetero) is 1. The molecule has 3 nitrogen and oxygen atoms in total. The molecule has 0 spiro atoms. The molecule has 0 radical (unpaired) electrons. The SMILES string of the molecule is CCCOc1ccccc1OCC(=O)c1ccccc1Cl. The van der Waals surface area contributed by atoms with Gasteiger partial charge in [0.25, 0.3) is 0 Å². The van der Waals surface area contributed by atoms with E-state index in [1.807, 2.05) is 25.1 Å². The zero-order valence-electron chi connectivity index (χ0n) is 11.8. The summed E-state index contributed by atoms with van der Waals surface area (Å²) in [5.41, 5.74) is 0.464. The first-order valence-electron chi connectivity index (χ1n) is 6.84. The highest BCUT2D eigenvalue weighted by Crippen LogP contribution is 2.27. The third kappa shape index (κ3) is 4.23. The lowest BCUT2D eigenvalue weighted by Crippen LogP contribution is -2.12. The maximum atomic E-state index is 12.1. The Balaban J connectivity index is 2.03. The fourth-order valence-corrected chi connectivity index (χ4v) is 2.05. The van der Waals surface area contributed by atoms with Crippen molar-refractivity contribution in [3.63, 3.8) is 0 Å². The normalized spacial score (nSPS) is 10.2. The first-order chi connectivity index (χ1) is 10.2. The molecule has 21 heavy (non-hydrogen) atoms. The van der Waals surface area contributed by atoms with Crippen molar-refractivity contribution in [3.8, 4) is 11.5 Å². The van der Waals surface area contributed by atoms with E-state index in [1.165, 1.54) is 0 Å². The number of carbonyl (C=O) groups excluding carboxylic acids is 1. The number of benzene rings is 2. The summed E-state index contributed by atoms with van der Waals surface area (Å²) in [5, 5.41) is 0.432. The van der Waals surface area contributed by atoms with Crippen LogP contribution in [-0.4, -0.2) is 19.0 Å². The van der Waals surface area contributed by atoms with Crippen molar-refractivity contribution >= 4 is 17.4 Å². The molecule has 0 unspecified atom stereocenters. The van der Waals surface area contributed by atoms with Crippen LogP contribution in [0.2, 0.25) is 5.02 Å². The number of ketones is 1. The monoisotopic (exact) mass is 304 g/mol. The molecule has 0 aromatic heterocycles. The van der Waals surface area contributed by atoms with Gasteiger partial charge in [0, 0.05) is 5.56 Å². The fraction of sp³-hybridized carbons (Fsp3) is 0.235. The van der Waals surface area contributed by atoms with Crippen LogP contribution in [0.15, 0.2) is 48.5 Å². The van der Waals surface area contributed by atoms with E-state index in [0.717, 1.165) is 6.42 Å². The van der Waals surface area contributed by atoms with Crippen LogP contribution in [0.1, 0.15) is 23.7 Å². The van der Waals surface area contributed by atoms with E-state index in [1.54, 1.807) is 30.3 Å². The minimum Gasteiger partial charge on any atom is -0.490 e. The van der Waals surface area contributed by atoms with Crippen LogP contribution < -0.4 is 9.47 Å². The highest BCUT2D eigenvalue weighted by atomic mass is 35.5. The van der Waals surface area contributed by atoms with Gasteiger partial charge in [0.2, 0.25) is 5.78 Å². The number of para-hydroxylation sites is 2. The van der Waals surface area contributed by atoms with Crippen molar-refractivity contribution in [1.29, 1.82) is 0 Å². The number of carbonyl (C=O) groups is 1. The molecule has 2 aromatic carbocycles. The highest BCUT2D eigenvalue weighted by Gasteiger charge is 2.12. The summed E-state index contributed by atoms with van der Waals surface area (Å²) in [7, 11) is 0. The average molecular weight is 305 g/mol. The molecule has 0 aliphatic carbocycles. The van der Waals surface area contributed by atoms with Crippen LogP contribution in [0.5, 0.6) is 11.5 Å². The molecule has 0 aliphatic rings. The van der Waals surface area contributed by atoms with Gasteiger partial charge in [0.1, 0.15) is 0 Å². The van der Waals surface area contributed by atoms with Gasteiger partial charge in [-0.15, -0.1) is 0 Å². The maximum Gasteiger partial charge on any atom is 0.201 e. The summed E-state index contributed by atoms with van der Waals surface area (Å²) in [6.07, 6.45) is 0.910. The molecule has 2 rings (SSSR count). The lowest BCUT2D eigenvalue weighted by Gasteiger charge is -2.12. The number of halogens is 1. The van der Waals surface area contributed by atoms with Crippen LogP contribution in [0, 0.1) is 0 Å². The van der Waals surface area contributed by atoms with E-state index in [-0.39, 0.29) is 12.4 Å². The molecule has 110 valence electrons. The minimum absolute atomic E-state index is 0.0732. The van der Waals surface area contributed by atoms with Crippen molar-refractivity contribution < 1.29 is 14.3 Å². The Labute approximate surface area is 129 Å². The minimum atomic E-state index is -0.161. The van der Waals surface area contributed by atoms with Crippen LogP contribution in [0.4, 0.5) is 0 Å². The summed E-state index contributed by atoms with van der Waals surface area (Å²) in [5.74, 6) is 1.04. The summed E-state index contributed by atoms with van der Waals surface area (Å²) >= 11 is 6.00. The molecule has 2 aromatic rings. The van der Waals surface area contributed by atoms with Crippen LogP contribution in [0.25, 0.3) is 0 Å². The van der Waals surface area contributed by atoms with E-state index in [4.69, 9.17) is 21.1 Å². The second-order valence-electron chi connectivity index (χ2n) is 4.49. The first kappa shape index (κ1) is 15.4. The lowest BCUT2D eigenvalue weighted by atomic mass is 10.1. The Kier molecular flexibility index (Phi) is 5.64. The molecule has 0 saturated carbocycles. The molecule has 0 heterocycles. The highest BCUT2D eigenvalue weighted by molar-refractivity contribution is 6.34. The standard InChI is InChI=1S/C17H17ClO3/c1-2-11-20-16-9-5-6-10-17(16)21-12-15(19)13-7-3-4-8-14(13)18/h3-10H,2,11-12H2,1H3. The predicted octanol–water partition coefficient (Wildman–Crippen LogP) is 4.39. The molecule has 0 fully saturated rings. The summed E-state index contributed by atoms with van der Waals surface area (Å²) in [6, 6.07) is 14.3. The quantitative estimate of drug-likeness (QED) is 0.712. The smallest absolute Gasteiger partial charge is 0.201 e. The van der Waals surface area contributed by atoms with Crippen LogP contribution in [-0.2, 0) is 0 Å². The molecule has 4 heteroatoms. The molecular weight excluding hydrogens is 288 g/mol. The molecule has 0 bridgehead atoms. The van der Waals surface area contributed by atoms with E-state index < -0.39 is 0 Å². The van der Waals surface area contributed by atoms with E-state index in [9.17, 15) is 4.79 Å². The Morgan fingerprint density at radius 2 is 1.62 bits per heavy atom. The number of ether oxygens (including phenoxy) is 2. The summed E-state index contributed by atoms with van der Waals surface area (Å²) in [6.45, 7) is 2.57. The first-order valence-corrected chi connectivity index (χ1v) is 7.22. The maximum absolute atomic E-state index is 12.1. The van der Waals surface area contributed by atoms with Crippen molar-refractivity contribution in [2.45, 2.75) is 13.3 Å². The zero-order valence-corrected chi connectivity index (χ0v) is 12.6. The lowest BCUT2D eigenvalue weighted by molar-refractivity contribution is 0.0919. The zero-order chi connectivity index (χ0) is 15.1. The topological polar surface area (TPSA) is 35.5 Å². The number of hydrogen-bond donors (Lipinski definition) is 0. The molecule has 0 amide bonds. The second-order valence-corrected chi connectivity index (χ2v) is 4.89. The van der Waals surface area contributed by atoms with E-state index in [2.05, 4.69) is 0 Å². The van der Waals surface area contributed by atoms with Crippen molar-refractivity contribution in [2.75, 3.05) is 13.2 Å². The van der Waals surface area contributed by atoms with Crippen molar-refractivity contribution in [3.05, 3.63) is 59.1 Å². The van der Waals surface area contributed by atoms with Gasteiger partial charge in [-0.25, -0.2) is 0 Å². The largest absolute Gasteiger partial charge is 0.490 e. The average Bonchev–Trinajstić information content (AvgIpc) is 2.52. The van der Waals surface area contributed by atoms with Crippen LogP contribution >= 0.6 is 11.6 Å². The van der Waals surface area contributed by atoms with Gasteiger partial charge in [-0.2, -0.15) is 0 Å². The van der Waals surface area contributed by atoms with E-state index >= 15 is 0 Å².